The number of hydrogen-bond acceptors (Lipinski definition) is 2. The van der Waals surface area contributed by atoms with E-state index in [4.69, 9.17) is 5.11 Å². The van der Waals surface area contributed by atoms with Gasteiger partial charge in [-0.3, -0.25) is 4.79 Å². The Labute approximate surface area is 80.1 Å². The van der Waals surface area contributed by atoms with Gasteiger partial charge in [0.1, 0.15) is 6.29 Å². The molecule has 0 unspecified atom stereocenters. The van der Waals surface area contributed by atoms with Crippen molar-refractivity contribution in [1.29, 1.82) is 0 Å². The van der Waals surface area contributed by atoms with Crippen molar-refractivity contribution in [2.24, 2.45) is 0 Å². The first-order chi connectivity index (χ1) is 6.18. The van der Waals surface area contributed by atoms with E-state index < -0.39 is 5.97 Å². The zero-order valence-electron chi connectivity index (χ0n) is 8.58. The quantitative estimate of drug-likeness (QED) is 0.515. The largest absolute Gasteiger partial charge is 0.481 e. The van der Waals surface area contributed by atoms with Crippen LogP contribution in [0.3, 0.4) is 0 Å². The van der Waals surface area contributed by atoms with Gasteiger partial charge in [-0.1, -0.05) is 26.7 Å². The van der Waals surface area contributed by atoms with Crippen molar-refractivity contribution >= 4 is 12.3 Å². The lowest BCUT2D eigenvalue weighted by molar-refractivity contribution is -0.137. The molecule has 0 aliphatic rings. The first-order valence-electron chi connectivity index (χ1n) is 4.84. The van der Waals surface area contributed by atoms with Crippen LogP contribution in [0.4, 0.5) is 0 Å². The zero-order valence-corrected chi connectivity index (χ0v) is 8.58. The smallest absolute Gasteiger partial charge is 0.303 e. The molecule has 0 aliphatic carbocycles. The van der Waals surface area contributed by atoms with E-state index in [1.165, 1.54) is 0 Å². The van der Waals surface area contributed by atoms with Gasteiger partial charge in [-0.25, -0.2) is 0 Å². The zero-order chi connectivity index (χ0) is 10.5. The monoisotopic (exact) mass is 188 g/mol. The van der Waals surface area contributed by atoms with E-state index in [0.29, 0.717) is 6.42 Å². The summed E-state index contributed by atoms with van der Waals surface area (Å²) in [6, 6.07) is 0. The van der Waals surface area contributed by atoms with E-state index in [9.17, 15) is 9.59 Å². The molecule has 13 heavy (non-hydrogen) atoms. The molecule has 0 spiro atoms. The second kappa shape index (κ2) is 13.7. The number of carboxylic acids is 1. The lowest BCUT2D eigenvalue weighted by Gasteiger charge is -1.85. The Morgan fingerprint density at radius 3 is 1.92 bits per heavy atom. The minimum Gasteiger partial charge on any atom is -0.481 e. The summed E-state index contributed by atoms with van der Waals surface area (Å²) in [5.74, 6) is -0.693. The molecule has 0 aromatic carbocycles. The fourth-order valence-electron chi connectivity index (χ4n) is 0.615. The van der Waals surface area contributed by atoms with Gasteiger partial charge in [0.05, 0.1) is 0 Å². The predicted octanol–water partition coefficient (Wildman–Crippen LogP) is 2.64. The molecule has 0 saturated carbocycles. The Kier molecular flexibility index (Phi) is 15.5. The van der Waals surface area contributed by atoms with Crippen molar-refractivity contribution in [3.8, 4) is 0 Å². The lowest BCUT2D eigenvalue weighted by atomic mass is 10.3. The highest BCUT2D eigenvalue weighted by Gasteiger charge is 1.90. The van der Waals surface area contributed by atoms with Gasteiger partial charge >= 0.3 is 5.97 Å². The van der Waals surface area contributed by atoms with Crippen LogP contribution in [0, 0.1) is 0 Å². The minimum atomic E-state index is -0.693. The van der Waals surface area contributed by atoms with E-state index in [-0.39, 0.29) is 0 Å². The molecule has 0 aromatic rings. The molecule has 78 valence electrons. The summed E-state index contributed by atoms with van der Waals surface area (Å²) in [7, 11) is 0. The van der Waals surface area contributed by atoms with Crippen LogP contribution in [0.15, 0.2) is 0 Å². The van der Waals surface area contributed by atoms with Crippen LogP contribution in [-0.2, 0) is 9.59 Å². The van der Waals surface area contributed by atoms with Crippen LogP contribution in [0.1, 0.15) is 52.4 Å². The second-order valence-electron chi connectivity index (χ2n) is 2.81. The van der Waals surface area contributed by atoms with Crippen LogP contribution in [0.5, 0.6) is 0 Å². The molecule has 0 heterocycles. The van der Waals surface area contributed by atoms with Gasteiger partial charge in [-0.15, -0.1) is 0 Å². The van der Waals surface area contributed by atoms with E-state index in [1.807, 2.05) is 6.92 Å². The van der Waals surface area contributed by atoms with Crippen LogP contribution < -0.4 is 0 Å². The molecule has 0 aliphatic heterocycles. The normalized spacial score (nSPS) is 8.46. The Morgan fingerprint density at radius 1 is 1.23 bits per heavy atom. The number of carbonyl (C=O) groups is 2. The molecule has 0 bridgehead atoms. The van der Waals surface area contributed by atoms with E-state index in [2.05, 4.69) is 6.92 Å². The summed E-state index contributed by atoms with van der Waals surface area (Å²) >= 11 is 0. The minimum absolute atomic E-state index is 0.316. The maximum absolute atomic E-state index is 9.76. The Balaban J connectivity index is 0. The highest BCUT2D eigenvalue weighted by atomic mass is 16.4. The molecule has 3 nitrogen and oxygen atoms in total. The Hall–Kier alpha value is -0.860. The summed E-state index contributed by atoms with van der Waals surface area (Å²) in [6.45, 7) is 4.05. The van der Waals surface area contributed by atoms with Gasteiger partial charge in [-0.2, -0.15) is 0 Å². The third-order valence-corrected chi connectivity index (χ3v) is 1.42. The standard InChI is InChI=1S/C5H10O2.C5H10O/c1-2-3-4-5(6)7;1-2-3-4-5-6/h2-4H2,1H3,(H,6,7);5H,2-4H2,1H3. The second-order valence-corrected chi connectivity index (χ2v) is 2.81. The van der Waals surface area contributed by atoms with Crippen molar-refractivity contribution in [3.05, 3.63) is 0 Å². The van der Waals surface area contributed by atoms with Gasteiger partial charge in [0.25, 0.3) is 0 Å². The van der Waals surface area contributed by atoms with Crippen molar-refractivity contribution in [3.63, 3.8) is 0 Å². The number of unbranched alkanes of at least 4 members (excludes halogenated alkanes) is 3. The predicted molar refractivity (Wildman–Crippen MR) is 52.7 cm³/mol. The molecule has 0 radical (unpaired) electrons. The molecular formula is C10H20O3. The number of carbonyl (C=O) groups excluding carboxylic acids is 1. The summed E-state index contributed by atoms with van der Waals surface area (Å²) in [5.41, 5.74) is 0. The number of aliphatic carboxylic acids is 1. The Morgan fingerprint density at radius 2 is 1.77 bits per heavy atom. The summed E-state index contributed by atoms with van der Waals surface area (Å²) < 4.78 is 0. The third-order valence-electron chi connectivity index (χ3n) is 1.42. The molecule has 0 rings (SSSR count). The van der Waals surface area contributed by atoms with E-state index in [0.717, 1.165) is 38.4 Å². The lowest BCUT2D eigenvalue weighted by Crippen LogP contribution is -1.91. The molecule has 0 atom stereocenters. The van der Waals surface area contributed by atoms with Crippen molar-refractivity contribution in [2.45, 2.75) is 52.4 Å². The van der Waals surface area contributed by atoms with Gasteiger partial charge in [0, 0.05) is 12.8 Å². The molecule has 0 aromatic heterocycles. The Bertz CT molecular complexity index is 121. The molecule has 0 saturated heterocycles. The highest BCUT2D eigenvalue weighted by molar-refractivity contribution is 5.66. The van der Waals surface area contributed by atoms with Crippen LogP contribution in [0.2, 0.25) is 0 Å². The molecule has 3 heteroatoms. The fraction of sp³-hybridized carbons (Fsp3) is 0.800. The SMILES string of the molecule is CCCCC(=O)O.CCCCC=O. The number of carboxylic acid groups (broad SMARTS) is 1. The molecular weight excluding hydrogens is 168 g/mol. The van der Waals surface area contributed by atoms with E-state index in [1.54, 1.807) is 0 Å². The topological polar surface area (TPSA) is 54.4 Å². The third kappa shape index (κ3) is 24.7. The van der Waals surface area contributed by atoms with Crippen molar-refractivity contribution in [1.82, 2.24) is 0 Å². The van der Waals surface area contributed by atoms with E-state index >= 15 is 0 Å². The maximum Gasteiger partial charge on any atom is 0.303 e. The van der Waals surface area contributed by atoms with Gasteiger partial charge < -0.3 is 9.90 Å². The average Bonchev–Trinajstić information content (AvgIpc) is 2.12. The van der Waals surface area contributed by atoms with Gasteiger partial charge in [0.15, 0.2) is 0 Å². The maximum atomic E-state index is 9.76. The number of aldehydes is 1. The van der Waals surface area contributed by atoms with Crippen LogP contribution >= 0.6 is 0 Å². The summed E-state index contributed by atoms with van der Waals surface area (Å²) in [5, 5.41) is 8.04. The highest BCUT2D eigenvalue weighted by Crippen LogP contribution is 1.91. The fourth-order valence-corrected chi connectivity index (χ4v) is 0.615. The van der Waals surface area contributed by atoms with Crippen LogP contribution in [-0.4, -0.2) is 17.4 Å². The summed E-state index contributed by atoms with van der Waals surface area (Å²) in [6.07, 6.45) is 5.94. The van der Waals surface area contributed by atoms with Crippen molar-refractivity contribution in [2.75, 3.05) is 0 Å². The molecule has 0 amide bonds. The average molecular weight is 188 g/mol. The summed E-state index contributed by atoms with van der Waals surface area (Å²) in [4.78, 5) is 19.3. The van der Waals surface area contributed by atoms with Gasteiger partial charge in [0.2, 0.25) is 0 Å². The van der Waals surface area contributed by atoms with Crippen molar-refractivity contribution < 1.29 is 14.7 Å². The van der Waals surface area contributed by atoms with Gasteiger partial charge in [-0.05, 0) is 12.8 Å². The molecule has 0 fully saturated rings. The van der Waals surface area contributed by atoms with Crippen LogP contribution in [0.25, 0.3) is 0 Å². The molecule has 1 N–H and O–H groups in total. The first-order valence-corrected chi connectivity index (χ1v) is 4.84. The first kappa shape index (κ1) is 14.7. The number of hydrogen-bond donors (Lipinski definition) is 1. The number of rotatable bonds is 6.